The molecule has 0 unspecified atom stereocenters. The predicted molar refractivity (Wildman–Crippen MR) is 46.1 cm³/mol. The van der Waals surface area contributed by atoms with Crippen LogP contribution in [0.25, 0.3) is 0 Å². The highest BCUT2D eigenvalue weighted by atomic mass is 16.4. The van der Waals surface area contributed by atoms with Crippen LogP contribution in [0, 0.1) is 5.92 Å². The summed E-state index contributed by atoms with van der Waals surface area (Å²) in [5.41, 5.74) is 4.94. The van der Waals surface area contributed by atoms with Crippen LogP contribution in [0.15, 0.2) is 0 Å². The number of carboxylic acids is 1. The number of amides is 2. The molecule has 6 heteroatoms. The molecule has 0 heterocycles. The number of primary amides is 1. The Morgan fingerprint density at radius 1 is 1.43 bits per heavy atom. The van der Waals surface area contributed by atoms with Gasteiger partial charge in [-0.25, -0.2) is 0 Å². The molecule has 0 aromatic heterocycles. The van der Waals surface area contributed by atoms with Gasteiger partial charge < -0.3 is 16.2 Å². The van der Waals surface area contributed by atoms with Crippen molar-refractivity contribution in [2.24, 2.45) is 11.7 Å². The molecule has 0 bridgehead atoms. The summed E-state index contributed by atoms with van der Waals surface area (Å²) in [7, 11) is 0. The molecule has 78 valence electrons. The van der Waals surface area contributed by atoms with Gasteiger partial charge in [-0.05, 0) is 12.8 Å². The standard InChI is InChI=1S/C8H12N2O4/c9-7(13)5(3-6(11)12)10-8(14)4-1-2-4/h4-5H,1-3H2,(H2,9,13)(H,10,14)(H,11,12)/t5-/m1/s1. The summed E-state index contributed by atoms with van der Waals surface area (Å²) in [5, 5.41) is 10.8. The van der Waals surface area contributed by atoms with E-state index in [1.54, 1.807) is 0 Å². The fourth-order valence-corrected chi connectivity index (χ4v) is 1.03. The summed E-state index contributed by atoms with van der Waals surface area (Å²) in [6.45, 7) is 0. The molecule has 0 radical (unpaired) electrons. The molecule has 1 rings (SSSR count). The Labute approximate surface area is 80.5 Å². The second-order valence-corrected chi connectivity index (χ2v) is 3.34. The maximum atomic E-state index is 11.2. The van der Waals surface area contributed by atoms with Crippen LogP contribution in [0.2, 0.25) is 0 Å². The smallest absolute Gasteiger partial charge is 0.305 e. The van der Waals surface area contributed by atoms with E-state index >= 15 is 0 Å². The number of carbonyl (C=O) groups is 3. The van der Waals surface area contributed by atoms with E-state index in [9.17, 15) is 14.4 Å². The highest BCUT2D eigenvalue weighted by Gasteiger charge is 2.32. The van der Waals surface area contributed by atoms with Crippen molar-refractivity contribution in [1.29, 1.82) is 0 Å². The van der Waals surface area contributed by atoms with Gasteiger partial charge in [0.25, 0.3) is 0 Å². The van der Waals surface area contributed by atoms with Crippen molar-refractivity contribution in [3.05, 3.63) is 0 Å². The summed E-state index contributed by atoms with van der Waals surface area (Å²) < 4.78 is 0. The van der Waals surface area contributed by atoms with Gasteiger partial charge in [-0.3, -0.25) is 14.4 Å². The zero-order valence-corrected chi connectivity index (χ0v) is 7.53. The van der Waals surface area contributed by atoms with E-state index in [-0.39, 0.29) is 11.8 Å². The van der Waals surface area contributed by atoms with E-state index in [1.165, 1.54) is 0 Å². The van der Waals surface area contributed by atoms with Crippen molar-refractivity contribution in [3.8, 4) is 0 Å². The zero-order valence-electron chi connectivity index (χ0n) is 7.53. The van der Waals surface area contributed by atoms with Gasteiger partial charge in [-0.15, -0.1) is 0 Å². The second-order valence-electron chi connectivity index (χ2n) is 3.34. The van der Waals surface area contributed by atoms with Crippen molar-refractivity contribution in [2.75, 3.05) is 0 Å². The molecule has 0 aromatic carbocycles. The van der Waals surface area contributed by atoms with Gasteiger partial charge in [0.1, 0.15) is 6.04 Å². The molecule has 6 nitrogen and oxygen atoms in total. The maximum Gasteiger partial charge on any atom is 0.305 e. The number of hydrogen-bond donors (Lipinski definition) is 3. The van der Waals surface area contributed by atoms with Crippen molar-refractivity contribution < 1.29 is 19.5 Å². The Morgan fingerprint density at radius 2 is 2.00 bits per heavy atom. The lowest BCUT2D eigenvalue weighted by Crippen LogP contribution is -2.46. The van der Waals surface area contributed by atoms with Gasteiger partial charge in [-0.1, -0.05) is 0 Å². The third kappa shape index (κ3) is 3.04. The molecule has 1 fully saturated rings. The van der Waals surface area contributed by atoms with Crippen LogP contribution in [-0.4, -0.2) is 28.9 Å². The van der Waals surface area contributed by atoms with E-state index in [4.69, 9.17) is 10.8 Å². The third-order valence-corrected chi connectivity index (χ3v) is 1.99. The van der Waals surface area contributed by atoms with Crippen molar-refractivity contribution >= 4 is 17.8 Å². The highest BCUT2D eigenvalue weighted by Crippen LogP contribution is 2.28. The van der Waals surface area contributed by atoms with Gasteiger partial charge in [0.15, 0.2) is 0 Å². The Kier molecular flexibility index (Phi) is 3.06. The molecule has 1 atom stereocenters. The third-order valence-electron chi connectivity index (χ3n) is 1.99. The highest BCUT2D eigenvalue weighted by molar-refractivity contribution is 5.90. The average molecular weight is 200 g/mol. The molecule has 4 N–H and O–H groups in total. The predicted octanol–water partition coefficient (Wildman–Crippen LogP) is -1.16. The number of rotatable bonds is 5. The molecular weight excluding hydrogens is 188 g/mol. The van der Waals surface area contributed by atoms with Crippen LogP contribution in [-0.2, 0) is 14.4 Å². The molecule has 1 saturated carbocycles. The number of aliphatic carboxylic acids is 1. The van der Waals surface area contributed by atoms with Crippen LogP contribution < -0.4 is 11.1 Å². The summed E-state index contributed by atoms with van der Waals surface area (Å²) in [6, 6.07) is -1.10. The first-order chi connectivity index (χ1) is 6.50. The number of carboxylic acid groups (broad SMARTS) is 1. The largest absolute Gasteiger partial charge is 0.481 e. The maximum absolute atomic E-state index is 11.2. The fraction of sp³-hybridized carbons (Fsp3) is 0.625. The number of nitrogens with two attached hydrogens (primary N) is 1. The number of carbonyl (C=O) groups excluding carboxylic acids is 2. The molecule has 1 aliphatic carbocycles. The van der Waals surface area contributed by atoms with E-state index in [1.807, 2.05) is 0 Å². The monoisotopic (exact) mass is 200 g/mol. The topological polar surface area (TPSA) is 109 Å². The molecular formula is C8H12N2O4. The lowest BCUT2D eigenvalue weighted by molar-refractivity contribution is -0.140. The number of hydrogen-bond acceptors (Lipinski definition) is 3. The second kappa shape index (κ2) is 4.08. The molecule has 14 heavy (non-hydrogen) atoms. The van der Waals surface area contributed by atoms with Gasteiger partial charge in [0.2, 0.25) is 11.8 Å². The summed E-state index contributed by atoms with van der Waals surface area (Å²) in [4.78, 5) is 32.3. The molecule has 0 aromatic rings. The minimum absolute atomic E-state index is 0.0642. The van der Waals surface area contributed by atoms with Crippen molar-refractivity contribution in [1.82, 2.24) is 5.32 Å². The molecule has 0 aliphatic heterocycles. The minimum Gasteiger partial charge on any atom is -0.481 e. The lowest BCUT2D eigenvalue weighted by atomic mass is 10.2. The van der Waals surface area contributed by atoms with Crippen LogP contribution in [0.4, 0.5) is 0 Å². The fourth-order valence-electron chi connectivity index (χ4n) is 1.03. The Morgan fingerprint density at radius 3 is 2.36 bits per heavy atom. The first-order valence-corrected chi connectivity index (χ1v) is 4.32. The van der Waals surface area contributed by atoms with Gasteiger partial charge >= 0.3 is 5.97 Å². The van der Waals surface area contributed by atoms with Crippen LogP contribution >= 0.6 is 0 Å². The summed E-state index contributed by atoms with van der Waals surface area (Å²) in [6.07, 6.45) is 1.13. The molecule has 2 amide bonds. The van der Waals surface area contributed by atoms with Crippen molar-refractivity contribution in [2.45, 2.75) is 25.3 Å². The van der Waals surface area contributed by atoms with Gasteiger partial charge in [-0.2, -0.15) is 0 Å². The first kappa shape index (κ1) is 10.5. The normalized spacial score (nSPS) is 17.1. The SMILES string of the molecule is NC(=O)[C@@H](CC(=O)O)NC(=O)C1CC1. The van der Waals surface area contributed by atoms with E-state index in [0.29, 0.717) is 0 Å². The summed E-state index contributed by atoms with van der Waals surface area (Å²) in [5.74, 6) is -2.33. The lowest BCUT2D eigenvalue weighted by Gasteiger charge is -2.12. The Bertz CT molecular complexity index is 273. The van der Waals surface area contributed by atoms with Crippen LogP contribution in [0.3, 0.4) is 0 Å². The van der Waals surface area contributed by atoms with E-state index in [0.717, 1.165) is 12.8 Å². The average Bonchev–Trinajstić information content (AvgIpc) is 2.83. The van der Waals surface area contributed by atoms with E-state index < -0.39 is 24.3 Å². The zero-order chi connectivity index (χ0) is 10.7. The van der Waals surface area contributed by atoms with Gasteiger partial charge in [0, 0.05) is 5.92 Å². The van der Waals surface area contributed by atoms with E-state index in [2.05, 4.69) is 5.32 Å². The molecule has 0 saturated heterocycles. The summed E-state index contributed by atoms with van der Waals surface area (Å²) >= 11 is 0. The van der Waals surface area contributed by atoms with Gasteiger partial charge in [0.05, 0.1) is 6.42 Å². The van der Waals surface area contributed by atoms with Crippen molar-refractivity contribution in [3.63, 3.8) is 0 Å². The Hall–Kier alpha value is -1.59. The quantitative estimate of drug-likeness (QED) is 0.520. The molecule has 1 aliphatic rings. The number of nitrogens with one attached hydrogen (secondary N) is 1. The Balaban J connectivity index is 2.45. The first-order valence-electron chi connectivity index (χ1n) is 4.32. The minimum atomic E-state index is -1.16. The molecule has 0 spiro atoms. The van der Waals surface area contributed by atoms with Crippen LogP contribution in [0.1, 0.15) is 19.3 Å². The van der Waals surface area contributed by atoms with Crippen LogP contribution in [0.5, 0.6) is 0 Å².